The first-order chi connectivity index (χ1) is 15.0. The minimum absolute atomic E-state index is 0.169. The minimum atomic E-state index is -4.54. The van der Waals surface area contributed by atoms with Crippen LogP contribution in [0.3, 0.4) is 0 Å². The lowest BCUT2D eigenvalue weighted by atomic mass is 9.95. The Kier molecular flexibility index (Phi) is 6.54. The number of sulfone groups is 1. The Morgan fingerprint density at radius 1 is 1.03 bits per heavy atom. The van der Waals surface area contributed by atoms with Crippen LogP contribution >= 0.6 is 0 Å². The Morgan fingerprint density at radius 2 is 1.53 bits per heavy atom. The third-order valence-electron chi connectivity index (χ3n) is 5.60. The molecule has 11 heteroatoms. The van der Waals surface area contributed by atoms with E-state index in [9.17, 15) is 27.5 Å². The Hall–Kier alpha value is -3.02. The summed E-state index contributed by atoms with van der Waals surface area (Å²) in [4.78, 5) is 21.6. The van der Waals surface area contributed by atoms with E-state index in [-0.39, 0.29) is 23.5 Å². The van der Waals surface area contributed by atoms with Crippen LogP contribution in [0.1, 0.15) is 32.6 Å². The average molecular weight is 466 g/mol. The van der Waals surface area contributed by atoms with Gasteiger partial charge in [0.25, 0.3) is 5.91 Å². The van der Waals surface area contributed by atoms with Crippen molar-refractivity contribution in [2.45, 2.75) is 47.9 Å². The van der Waals surface area contributed by atoms with Gasteiger partial charge in [0.1, 0.15) is 22.9 Å². The topological polar surface area (TPSA) is 142 Å². The average Bonchev–Trinajstić information content (AvgIpc) is 3.24. The predicted molar refractivity (Wildman–Crippen MR) is 110 cm³/mol. The first-order valence-electron chi connectivity index (χ1n) is 9.79. The van der Waals surface area contributed by atoms with Crippen LogP contribution in [0.4, 0.5) is 4.39 Å². The number of aliphatic carboxylic acids is 1. The number of carbonyl (C=O) groups excluding carboxylic acids is 1. The van der Waals surface area contributed by atoms with Crippen LogP contribution in [0.15, 0.2) is 53.4 Å². The van der Waals surface area contributed by atoms with Gasteiger partial charge in [-0.05, 0) is 68.3 Å². The molecule has 0 aliphatic heterocycles. The number of rotatable bonds is 8. The molecule has 0 spiro atoms. The maximum atomic E-state index is 13.3. The summed E-state index contributed by atoms with van der Waals surface area (Å²) >= 11 is 0. The second-order valence-corrected chi connectivity index (χ2v) is 10.0. The van der Waals surface area contributed by atoms with Crippen LogP contribution in [0.25, 0.3) is 0 Å². The van der Waals surface area contributed by atoms with Gasteiger partial charge in [-0.15, -0.1) is 0 Å². The van der Waals surface area contributed by atoms with Gasteiger partial charge < -0.3 is 9.84 Å². The van der Waals surface area contributed by atoms with Crippen molar-refractivity contribution in [3.63, 3.8) is 0 Å². The van der Waals surface area contributed by atoms with E-state index in [1.54, 1.807) is 0 Å². The molecule has 0 aromatic heterocycles. The zero-order valence-corrected chi connectivity index (χ0v) is 18.0. The lowest BCUT2D eigenvalue weighted by molar-refractivity contribution is -0.143. The Labute approximate surface area is 184 Å². The number of ether oxygens (including phenoxy) is 1. The number of hydrogen-bond acceptors (Lipinski definition) is 7. The van der Waals surface area contributed by atoms with Gasteiger partial charge in [0, 0.05) is 0 Å². The fraction of sp³-hybridized carbons (Fsp3) is 0.333. The molecule has 0 heterocycles. The molecule has 3 rings (SSSR count). The molecule has 0 bridgehead atoms. The molecule has 1 saturated carbocycles. The maximum Gasteiger partial charge on any atom is 0.339 e. The normalized spacial score (nSPS) is 17.3. The molecule has 1 aliphatic rings. The Bertz CT molecular complexity index is 1100. The number of hydrogen-bond donors (Lipinski definition) is 4. The van der Waals surface area contributed by atoms with Gasteiger partial charge in [-0.2, -0.15) is 0 Å². The van der Waals surface area contributed by atoms with Crippen molar-refractivity contribution in [3.05, 3.63) is 54.3 Å². The summed E-state index contributed by atoms with van der Waals surface area (Å²) in [7, 11) is -4.54. The van der Waals surface area contributed by atoms with Gasteiger partial charge in [0.05, 0.1) is 4.90 Å². The zero-order chi connectivity index (χ0) is 23.6. The molecule has 0 radical (unpaired) electrons. The predicted octanol–water partition coefficient (Wildman–Crippen LogP) is 2.60. The fourth-order valence-electron chi connectivity index (χ4n) is 3.75. The van der Waals surface area contributed by atoms with Gasteiger partial charge >= 0.3 is 5.97 Å². The van der Waals surface area contributed by atoms with Crippen molar-refractivity contribution < 1.29 is 37.4 Å². The van der Waals surface area contributed by atoms with Gasteiger partial charge in [-0.3, -0.25) is 15.3 Å². The molecular formula is C21H23FN2O7S. The van der Waals surface area contributed by atoms with Crippen molar-refractivity contribution in [2.24, 2.45) is 0 Å². The van der Waals surface area contributed by atoms with Crippen LogP contribution in [0.2, 0.25) is 0 Å². The Balaban J connectivity index is 1.91. The second kappa shape index (κ2) is 8.85. The lowest BCUT2D eigenvalue weighted by Gasteiger charge is -2.36. The van der Waals surface area contributed by atoms with E-state index in [0.717, 1.165) is 6.92 Å². The number of nitrogens with one attached hydrogen (secondary N) is 2. The van der Waals surface area contributed by atoms with E-state index in [1.165, 1.54) is 54.0 Å². The molecule has 32 heavy (non-hydrogen) atoms. The number of carbonyl (C=O) groups is 2. The van der Waals surface area contributed by atoms with E-state index in [0.29, 0.717) is 18.6 Å². The molecule has 0 saturated heterocycles. The summed E-state index contributed by atoms with van der Waals surface area (Å²) in [6.07, 6.45) is 1.46. The number of amides is 1. The molecule has 1 atom stereocenters. The van der Waals surface area contributed by atoms with Crippen molar-refractivity contribution in [1.82, 2.24) is 10.8 Å². The molecule has 1 amide bonds. The van der Waals surface area contributed by atoms with Gasteiger partial charge in [-0.25, -0.2) is 23.1 Å². The first-order valence-corrected chi connectivity index (χ1v) is 11.3. The monoisotopic (exact) mass is 466 g/mol. The number of halogens is 1. The van der Waals surface area contributed by atoms with Gasteiger partial charge in [-0.1, -0.05) is 12.8 Å². The second-order valence-electron chi connectivity index (χ2n) is 7.72. The molecule has 172 valence electrons. The molecule has 4 N–H and O–H groups in total. The van der Waals surface area contributed by atoms with E-state index >= 15 is 0 Å². The zero-order valence-electron chi connectivity index (χ0n) is 17.2. The van der Waals surface area contributed by atoms with Gasteiger partial charge in [0.15, 0.2) is 0 Å². The molecule has 1 fully saturated rings. The molecule has 2 aromatic carbocycles. The van der Waals surface area contributed by atoms with Crippen molar-refractivity contribution in [2.75, 3.05) is 0 Å². The molecule has 2 aromatic rings. The van der Waals surface area contributed by atoms with Crippen molar-refractivity contribution in [1.29, 1.82) is 0 Å². The molecule has 1 aliphatic carbocycles. The van der Waals surface area contributed by atoms with Crippen LogP contribution in [0, 0.1) is 5.82 Å². The lowest BCUT2D eigenvalue weighted by Crippen LogP contribution is -2.67. The van der Waals surface area contributed by atoms with E-state index in [1.807, 2.05) is 0 Å². The summed E-state index contributed by atoms with van der Waals surface area (Å²) < 4.78 is 45.2. The van der Waals surface area contributed by atoms with Gasteiger partial charge in [0.2, 0.25) is 14.7 Å². The van der Waals surface area contributed by atoms with Crippen LogP contribution in [0.5, 0.6) is 11.5 Å². The molecule has 1 unspecified atom stereocenters. The minimum Gasteiger partial charge on any atom is -0.479 e. The summed E-state index contributed by atoms with van der Waals surface area (Å²) in [5.41, 5.74) is -0.0357. The highest BCUT2D eigenvalue weighted by molar-refractivity contribution is 7.93. The number of benzene rings is 2. The van der Waals surface area contributed by atoms with Crippen molar-refractivity contribution >= 4 is 21.7 Å². The van der Waals surface area contributed by atoms with Crippen LogP contribution < -0.4 is 15.5 Å². The summed E-state index contributed by atoms with van der Waals surface area (Å²) in [6.45, 7) is 0.971. The number of carboxylic acids is 1. The maximum absolute atomic E-state index is 13.3. The third-order valence-corrected chi connectivity index (χ3v) is 7.84. The highest BCUT2D eigenvalue weighted by atomic mass is 32.2. The SMILES string of the molecule is CC(NC1(C(=O)NO)CCCC1)(C(=O)O)S(=O)(=O)c1ccc(Oc2ccc(F)cc2)cc1. The fourth-order valence-corrected chi connectivity index (χ4v) is 5.27. The van der Waals surface area contributed by atoms with E-state index in [2.05, 4.69) is 5.32 Å². The highest BCUT2D eigenvalue weighted by Gasteiger charge is 2.55. The Morgan fingerprint density at radius 3 is 2.00 bits per heavy atom. The summed E-state index contributed by atoms with van der Waals surface area (Å²) in [5.74, 6) is -2.43. The first kappa shape index (κ1) is 23.6. The smallest absolute Gasteiger partial charge is 0.339 e. The van der Waals surface area contributed by atoms with Crippen LogP contribution in [-0.4, -0.2) is 41.0 Å². The molecule has 9 nitrogen and oxygen atoms in total. The quantitative estimate of drug-likeness (QED) is 0.344. The molecular weight excluding hydrogens is 443 g/mol. The number of carboxylic acid groups (broad SMARTS) is 1. The third kappa shape index (κ3) is 4.31. The van der Waals surface area contributed by atoms with E-state index < -0.39 is 37.9 Å². The largest absolute Gasteiger partial charge is 0.479 e. The summed E-state index contributed by atoms with van der Waals surface area (Å²) in [5, 5.41) is 21.5. The summed E-state index contributed by atoms with van der Waals surface area (Å²) in [6, 6.07) is 10.3. The van der Waals surface area contributed by atoms with Crippen LogP contribution in [-0.2, 0) is 19.4 Å². The standard InChI is InChI=1S/C21H23FN2O7S/c1-20(19(26)27,24-21(18(25)23-28)12-2-3-13-21)32(29,30)17-10-8-16(9-11-17)31-15-6-4-14(22)5-7-15/h4-11,24,28H,2-3,12-13H2,1H3,(H,23,25)(H,26,27). The van der Waals surface area contributed by atoms with Crippen molar-refractivity contribution in [3.8, 4) is 11.5 Å². The highest BCUT2D eigenvalue weighted by Crippen LogP contribution is 2.35. The number of hydroxylamine groups is 1. The van der Waals surface area contributed by atoms with E-state index in [4.69, 9.17) is 9.94 Å².